The summed E-state index contributed by atoms with van der Waals surface area (Å²) in [7, 11) is 0. The monoisotopic (exact) mass is 563 g/mol. The number of unbranched alkanes of at least 4 members (excludes halogenated alkanes) is 1. The molecule has 222 valence electrons. The minimum absolute atomic E-state index is 0.0423. The van der Waals surface area contributed by atoms with Crippen molar-refractivity contribution in [2.24, 2.45) is 16.6 Å². The molecule has 1 aromatic carbocycles. The summed E-state index contributed by atoms with van der Waals surface area (Å²) in [4.78, 5) is 72.2. The Kier molecular flexibility index (Phi) is 12.6. The molecule has 0 spiro atoms. The van der Waals surface area contributed by atoms with E-state index in [-0.39, 0.29) is 31.6 Å². The number of benzene rings is 1. The van der Waals surface area contributed by atoms with Gasteiger partial charge in [0.1, 0.15) is 12.1 Å². The maximum Gasteiger partial charge on any atom is 0.326 e. The Morgan fingerprint density at radius 3 is 1.98 bits per heavy atom. The first-order chi connectivity index (χ1) is 18.5. The van der Waals surface area contributed by atoms with Crippen LogP contribution < -0.4 is 27.4 Å². The van der Waals surface area contributed by atoms with Crippen molar-refractivity contribution in [1.29, 1.82) is 0 Å². The average Bonchev–Trinajstić information content (AvgIpc) is 2.84. The van der Waals surface area contributed by atoms with E-state index in [1.807, 2.05) is 0 Å². The summed E-state index contributed by atoms with van der Waals surface area (Å²) in [6, 6.07) is 4.05. The molecule has 0 heterocycles. The molecule has 0 bridgehead atoms. The molecule has 9 N–H and O–H groups in total. The molecule has 0 aliphatic rings. The van der Waals surface area contributed by atoms with E-state index < -0.39 is 52.6 Å². The maximum atomic E-state index is 12.7. The van der Waals surface area contributed by atoms with Gasteiger partial charge in [0.05, 0.1) is 5.41 Å². The quantitative estimate of drug-likeness (QED) is 0.106. The maximum absolute atomic E-state index is 12.7. The first kappa shape index (κ1) is 33.9. The van der Waals surface area contributed by atoms with E-state index in [1.165, 1.54) is 27.7 Å². The number of primary amides is 1. The number of hydrogen-bond donors (Lipinski definition) is 7. The van der Waals surface area contributed by atoms with Gasteiger partial charge in [-0.1, -0.05) is 13.8 Å². The molecule has 0 fully saturated rings. The molecule has 1 rings (SSSR count). The highest BCUT2D eigenvalue weighted by Crippen LogP contribution is 2.34. The van der Waals surface area contributed by atoms with Gasteiger partial charge in [0, 0.05) is 29.6 Å². The number of aliphatic carboxylic acids is 2. The molecule has 2 unspecified atom stereocenters. The van der Waals surface area contributed by atoms with Crippen LogP contribution in [0, 0.1) is 10.8 Å². The summed E-state index contributed by atoms with van der Waals surface area (Å²) in [6.45, 7) is 6.30. The average molecular weight is 564 g/mol. The number of hydrogen-bond acceptors (Lipinski definition) is 7. The number of rotatable bonds is 17. The number of carbonyl (C=O) groups excluding carboxylic acids is 4. The van der Waals surface area contributed by atoms with Gasteiger partial charge >= 0.3 is 11.9 Å². The second kappa shape index (κ2) is 14.8. The molecule has 0 aromatic heterocycles. The van der Waals surface area contributed by atoms with Crippen molar-refractivity contribution in [3.63, 3.8) is 0 Å². The molecule has 1 aromatic rings. The standard InChI is InChI=1S/C27H41N5O8/c1-26(2,15-27(3,4)25(39)40)24(38)32-19(23(36)37)12-13-20(33)31-18(21(29)34)7-5-6-14-30-22(35)16-8-10-17(28)11-9-16/h8-11,18-19H,5-7,12-15,28H2,1-4H3,(H2,29,34)(H,30,35)(H,31,33)(H,32,38)(H,36,37)(H,39,40). The van der Waals surface area contributed by atoms with Crippen LogP contribution in [-0.2, 0) is 24.0 Å². The van der Waals surface area contributed by atoms with Crippen LogP contribution in [0.4, 0.5) is 5.69 Å². The Morgan fingerprint density at radius 2 is 1.45 bits per heavy atom. The van der Waals surface area contributed by atoms with Crippen LogP contribution in [-0.4, -0.2) is 64.4 Å². The second-order valence-corrected chi connectivity index (χ2v) is 11.0. The minimum atomic E-state index is -1.40. The first-order valence-corrected chi connectivity index (χ1v) is 13.0. The lowest BCUT2D eigenvalue weighted by Crippen LogP contribution is -2.49. The SMILES string of the molecule is CC(C)(CC(C)(C)C(=O)NC(CCC(=O)NC(CCCCNC(=O)c1ccc(N)cc1)C(N)=O)C(=O)O)C(=O)O. The number of anilines is 1. The molecular weight excluding hydrogens is 522 g/mol. The van der Waals surface area contributed by atoms with Gasteiger partial charge in [-0.15, -0.1) is 0 Å². The highest BCUT2D eigenvalue weighted by atomic mass is 16.4. The predicted octanol–water partition coefficient (Wildman–Crippen LogP) is 1.02. The largest absolute Gasteiger partial charge is 0.481 e. The second-order valence-electron chi connectivity index (χ2n) is 11.0. The Labute approximate surface area is 233 Å². The van der Waals surface area contributed by atoms with Crippen LogP contribution in [0.15, 0.2) is 24.3 Å². The third kappa shape index (κ3) is 11.3. The first-order valence-electron chi connectivity index (χ1n) is 13.0. The zero-order valence-corrected chi connectivity index (χ0v) is 23.4. The van der Waals surface area contributed by atoms with Crippen molar-refractivity contribution in [3.8, 4) is 0 Å². The van der Waals surface area contributed by atoms with Gasteiger partial charge in [-0.2, -0.15) is 0 Å². The molecule has 0 aliphatic heterocycles. The molecule has 4 amide bonds. The zero-order valence-electron chi connectivity index (χ0n) is 23.4. The van der Waals surface area contributed by atoms with Crippen molar-refractivity contribution in [2.75, 3.05) is 12.3 Å². The number of amides is 4. The van der Waals surface area contributed by atoms with Gasteiger partial charge in [0.15, 0.2) is 0 Å². The number of carbonyl (C=O) groups is 6. The molecule has 0 radical (unpaired) electrons. The summed E-state index contributed by atoms with van der Waals surface area (Å²) >= 11 is 0. The van der Waals surface area contributed by atoms with Crippen molar-refractivity contribution < 1.29 is 39.0 Å². The van der Waals surface area contributed by atoms with E-state index >= 15 is 0 Å². The van der Waals surface area contributed by atoms with Crippen molar-refractivity contribution in [3.05, 3.63) is 29.8 Å². The van der Waals surface area contributed by atoms with Crippen LogP contribution in [0.25, 0.3) is 0 Å². The van der Waals surface area contributed by atoms with E-state index in [2.05, 4.69) is 16.0 Å². The van der Waals surface area contributed by atoms with E-state index in [1.54, 1.807) is 24.3 Å². The van der Waals surface area contributed by atoms with E-state index in [4.69, 9.17) is 11.5 Å². The number of carboxylic acids is 2. The van der Waals surface area contributed by atoms with Gasteiger partial charge in [0.2, 0.25) is 17.7 Å². The molecule has 2 atom stereocenters. The topological polar surface area (TPSA) is 231 Å². The third-order valence-corrected chi connectivity index (χ3v) is 6.40. The summed E-state index contributed by atoms with van der Waals surface area (Å²) < 4.78 is 0. The molecule has 0 saturated heterocycles. The van der Waals surface area contributed by atoms with Crippen molar-refractivity contribution >= 4 is 41.3 Å². The molecule has 40 heavy (non-hydrogen) atoms. The Hall–Kier alpha value is -4.16. The minimum Gasteiger partial charge on any atom is -0.481 e. The number of nitrogens with one attached hydrogen (secondary N) is 3. The fraction of sp³-hybridized carbons (Fsp3) is 0.556. The van der Waals surface area contributed by atoms with Crippen LogP contribution in [0.1, 0.15) is 76.6 Å². The van der Waals surface area contributed by atoms with E-state index in [0.717, 1.165) is 0 Å². The van der Waals surface area contributed by atoms with Crippen molar-refractivity contribution in [2.45, 2.75) is 78.3 Å². The normalized spacial score (nSPS) is 13.0. The van der Waals surface area contributed by atoms with E-state index in [9.17, 15) is 39.0 Å². The van der Waals surface area contributed by atoms with Gasteiger partial charge in [-0.3, -0.25) is 24.0 Å². The Bertz CT molecular complexity index is 1080. The fourth-order valence-corrected chi connectivity index (χ4v) is 4.11. The van der Waals surface area contributed by atoms with Gasteiger partial charge in [-0.05, 0) is 70.2 Å². The van der Waals surface area contributed by atoms with Gasteiger partial charge in [0.25, 0.3) is 5.91 Å². The van der Waals surface area contributed by atoms with Crippen LogP contribution in [0.5, 0.6) is 0 Å². The molecule has 0 aliphatic carbocycles. The lowest BCUT2D eigenvalue weighted by molar-refractivity contribution is -0.151. The highest BCUT2D eigenvalue weighted by Gasteiger charge is 2.40. The number of nitrogen functional groups attached to an aromatic ring is 1. The predicted molar refractivity (Wildman–Crippen MR) is 147 cm³/mol. The summed E-state index contributed by atoms with van der Waals surface area (Å²) in [5.74, 6) is -4.76. The smallest absolute Gasteiger partial charge is 0.326 e. The van der Waals surface area contributed by atoms with Crippen LogP contribution >= 0.6 is 0 Å². The Morgan fingerprint density at radius 1 is 0.850 bits per heavy atom. The van der Waals surface area contributed by atoms with Crippen molar-refractivity contribution in [1.82, 2.24) is 16.0 Å². The summed E-state index contributed by atoms with van der Waals surface area (Å²) in [6.07, 6.45) is 0.589. The summed E-state index contributed by atoms with van der Waals surface area (Å²) in [5, 5.41) is 26.5. The van der Waals surface area contributed by atoms with Gasteiger partial charge in [-0.25, -0.2) is 4.79 Å². The number of nitrogens with two attached hydrogens (primary N) is 2. The molecular formula is C27H41N5O8. The summed E-state index contributed by atoms with van der Waals surface area (Å²) in [5.41, 5.74) is 9.60. The zero-order chi connectivity index (χ0) is 30.7. The molecule has 0 saturated carbocycles. The molecule has 13 heteroatoms. The third-order valence-electron chi connectivity index (χ3n) is 6.40. The number of carboxylic acid groups (broad SMARTS) is 2. The lowest BCUT2D eigenvalue weighted by Gasteiger charge is -2.32. The van der Waals surface area contributed by atoms with Crippen LogP contribution in [0.2, 0.25) is 0 Å². The van der Waals surface area contributed by atoms with E-state index in [0.29, 0.717) is 30.6 Å². The van der Waals surface area contributed by atoms with Gasteiger partial charge < -0.3 is 37.6 Å². The van der Waals surface area contributed by atoms with Crippen LogP contribution in [0.3, 0.4) is 0 Å². The lowest BCUT2D eigenvalue weighted by atomic mass is 9.74. The highest BCUT2D eigenvalue weighted by molar-refractivity contribution is 5.94. The fourth-order valence-electron chi connectivity index (χ4n) is 4.11. The Balaban J connectivity index is 2.55. The molecule has 13 nitrogen and oxygen atoms in total.